The lowest BCUT2D eigenvalue weighted by molar-refractivity contribution is 0.0287. The van der Waals surface area contributed by atoms with E-state index < -0.39 is 5.60 Å². The minimum atomic E-state index is -0.444. The van der Waals surface area contributed by atoms with Crippen molar-refractivity contribution in [1.82, 2.24) is 4.90 Å². The van der Waals surface area contributed by atoms with Crippen LogP contribution < -0.4 is 5.32 Å². The largest absolute Gasteiger partial charge is 0.444 e. The number of nitrogens with one attached hydrogen (secondary N) is 1. The molecule has 5 heteroatoms. The summed E-state index contributed by atoms with van der Waals surface area (Å²) in [4.78, 5) is 14.2. The van der Waals surface area contributed by atoms with Gasteiger partial charge >= 0.3 is 6.09 Å². The molecule has 4 nitrogen and oxygen atoms in total. The molecule has 0 saturated carbocycles. The Bertz CT molecular complexity index is 609. The average Bonchev–Trinajstić information content (AvgIpc) is 2.80. The molecule has 1 aromatic rings. The Morgan fingerprint density at radius 3 is 2.77 bits per heavy atom. The lowest BCUT2D eigenvalue weighted by Crippen LogP contribution is -2.35. The smallest absolute Gasteiger partial charge is 0.410 e. The van der Waals surface area contributed by atoms with Gasteiger partial charge in [-0.3, -0.25) is 0 Å². The lowest BCUT2D eigenvalue weighted by atomic mass is 9.84. The van der Waals surface area contributed by atoms with Crippen molar-refractivity contribution in [3.63, 3.8) is 0 Å². The van der Waals surface area contributed by atoms with Crippen LogP contribution in [0.15, 0.2) is 16.6 Å². The summed E-state index contributed by atoms with van der Waals surface area (Å²) >= 11 is 3.59. The zero-order valence-corrected chi connectivity index (χ0v) is 15.2. The van der Waals surface area contributed by atoms with Gasteiger partial charge in [0.05, 0.1) is 0 Å². The molecule has 1 amide bonds. The number of carbonyl (C=O) groups is 1. The normalized spacial score (nSPS) is 23.6. The van der Waals surface area contributed by atoms with Gasteiger partial charge in [0.2, 0.25) is 0 Å². The van der Waals surface area contributed by atoms with Gasteiger partial charge in [0.1, 0.15) is 5.60 Å². The lowest BCUT2D eigenvalue weighted by Gasteiger charge is -2.30. The van der Waals surface area contributed by atoms with Crippen LogP contribution in [0.4, 0.5) is 10.5 Å². The van der Waals surface area contributed by atoms with Crippen molar-refractivity contribution in [2.75, 3.05) is 25.0 Å². The predicted octanol–water partition coefficient (Wildman–Crippen LogP) is 4.13. The molecular weight excluding hydrogens is 344 g/mol. The average molecular weight is 367 g/mol. The molecule has 1 N–H and O–H groups in total. The van der Waals surface area contributed by atoms with Gasteiger partial charge in [-0.25, -0.2) is 4.79 Å². The molecule has 0 aromatic heterocycles. The van der Waals surface area contributed by atoms with Crippen molar-refractivity contribution in [1.29, 1.82) is 0 Å². The third-order valence-electron chi connectivity index (χ3n) is 4.36. The van der Waals surface area contributed by atoms with Crippen molar-refractivity contribution in [2.45, 2.75) is 39.2 Å². The van der Waals surface area contributed by atoms with Gasteiger partial charge in [0, 0.05) is 41.6 Å². The van der Waals surface area contributed by atoms with Crippen molar-refractivity contribution in [3.8, 4) is 0 Å². The van der Waals surface area contributed by atoms with E-state index in [2.05, 4.69) is 40.3 Å². The highest BCUT2D eigenvalue weighted by Crippen LogP contribution is 2.43. The van der Waals surface area contributed by atoms with Crippen LogP contribution in [-0.4, -0.2) is 36.2 Å². The van der Waals surface area contributed by atoms with Gasteiger partial charge in [0.15, 0.2) is 0 Å². The zero-order valence-electron chi connectivity index (χ0n) is 13.6. The highest BCUT2D eigenvalue weighted by Gasteiger charge is 2.41. The summed E-state index contributed by atoms with van der Waals surface area (Å²) in [6.45, 7) is 10.3. The van der Waals surface area contributed by atoms with Crippen molar-refractivity contribution in [3.05, 3.63) is 27.7 Å². The van der Waals surface area contributed by atoms with E-state index in [1.807, 2.05) is 25.7 Å². The Morgan fingerprint density at radius 1 is 1.36 bits per heavy atom. The minimum absolute atomic E-state index is 0.199. The molecule has 0 aliphatic carbocycles. The SMILES string of the molecule is Cc1cc(Br)cc2c1NCC1CN(C(=O)OC(C)(C)C)CC21. The number of hydrogen-bond acceptors (Lipinski definition) is 3. The first-order valence-corrected chi connectivity index (χ1v) is 8.56. The summed E-state index contributed by atoms with van der Waals surface area (Å²) < 4.78 is 6.62. The third kappa shape index (κ3) is 2.96. The van der Waals surface area contributed by atoms with E-state index in [9.17, 15) is 4.79 Å². The second kappa shape index (κ2) is 5.44. The number of benzene rings is 1. The molecule has 120 valence electrons. The second-order valence-electron chi connectivity index (χ2n) is 7.32. The topological polar surface area (TPSA) is 41.6 Å². The van der Waals surface area contributed by atoms with E-state index in [-0.39, 0.29) is 6.09 Å². The molecule has 1 fully saturated rings. The third-order valence-corrected chi connectivity index (χ3v) is 4.82. The molecule has 3 rings (SSSR count). The number of ether oxygens (including phenoxy) is 1. The number of nitrogens with zero attached hydrogens (tertiary/aromatic N) is 1. The summed E-state index contributed by atoms with van der Waals surface area (Å²) in [6.07, 6.45) is -0.199. The van der Waals surface area contributed by atoms with Gasteiger partial charge < -0.3 is 15.0 Å². The molecule has 2 heterocycles. The maximum Gasteiger partial charge on any atom is 0.410 e. The Hall–Kier alpha value is -1.23. The van der Waals surface area contributed by atoms with E-state index in [0.29, 0.717) is 11.8 Å². The Kier molecular flexibility index (Phi) is 3.87. The molecule has 2 aliphatic heterocycles. The van der Waals surface area contributed by atoms with Crippen molar-refractivity contribution in [2.24, 2.45) is 5.92 Å². The fourth-order valence-corrected chi connectivity index (χ4v) is 4.03. The molecule has 0 spiro atoms. The number of carbonyl (C=O) groups excluding carboxylic acids is 1. The quantitative estimate of drug-likeness (QED) is 0.750. The van der Waals surface area contributed by atoms with E-state index in [0.717, 1.165) is 24.1 Å². The second-order valence-corrected chi connectivity index (χ2v) is 8.24. The standard InChI is InChI=1S/C17H23BrN2O2/c1-10-5-12(18)6-13-14-9-20(16(21)22-17(2,3)4)8-11(14)7-19-15(10)13/h5-6,11,14,19H,7-9H2,1-4H3. The van der Waals surface area contributed by atoms with E-state index in [1.165, 1.54) is 16.8 Å². The Morgan fingerprint density at radius 2 is 2.09 bits per heavy atom. The van der Waals surface area contributed by atoms with Gasteiger partial charge in [-0.1, -0.05) is 15.9 Å². The first-order valence-electron chi connectivity index (χ1n) is 7.76. The zero-order chi connectivity index (χ0) is 16.1. The number of fused-ring (bicyclic) bond motifs is 3. The van der Waals surface area contributed by atoms with Gasteiger partial charge in [0.25, 0.3) is 0 Å². The number of aryl methyl sites for hydroxylation is 1. The van der Waals surface area contributed by atoms with E-state index >= 15 is 0 Å². The van der Waals surface area contributed by atoms with Crippen LogP contribution >= 0.6 is 15.9 Å². The number of amides is 1. The summed E-state index contributed by atoms with van der Waals surface area (Å²) in [5.41, 5.74) is 3.35. The predicted molar refractivity (Wildman–Crippen MR) is 91.4 cm³/mol. The molecule has 2 atom stereocenters. The van der Waals surface area contributed by atoms with Crippen LogP contribution in [0.3, 0.4) is 0 Å². The molecular formula is C17H23BrN2O2. The monoisotopic (exact) mass is 366 g/mol. The van der Waals surface area contributed by atoms with Crippen molar-refractivity contribution < 1.29 is 9.53 Å². The van der Waals surface area contributed by atoms with Crippen molar-refractivity contribution >= 4 is 27.7 Å². The Balaban J connectivity index is 1.82. The van der Waals surface area contributed by atoms with Crippen LogP contribution in [-0.2, 0) is 4.74 Å². The minimum Gasteiger partial charge on any atom is -0.444 e. The van der Waals surface area contributed by atoms with Gasteiger partial charge in [-0.2, -0.15) is 0 Å². The van der Waals surface area contributed by atoms with Crippen LogP contribution in [0.1, 0.15) is 37.8 Å². The molecule has 1 aromatic carbocycles. The number of halogens is 1. The molecule has 0 radical (unpaired) electrons. The van der Waals surface area contributed by atoms with E-state index in [4.69, 9.17) is 4.74 Å². The molecule has 1 saturated heterocycles. The fourth-order valence-electron chi connectivity index (χ4n) is 3.44. The summed E-state index contributed by atoms with van der Waals surface area (Å²) in [6, 6.07) is 4.32. The Labute approximate surface area is 140 Å². The van der Waals surface area contributed by atoms with Crippen LogP contribution in [0, 0.1) is 12.8 Å². The number of likely N-dealkylation sites (tertiary alicyclic amines) is 1. The maximum atomic E-state index is 12.3. The highest BCUT2D eigenvalue weighted by atomic mass is 79.9. The van der Waals surface area contributed by atoms with Crippen LogP contribution in [0.25, 0.3) is 0 Å². The summed E-state index contributed by atoms with van der Waals surface area (Å²) in [5.74, 6) is 0.841. The number of anilines is 1. The van der Waals surface area contributed by atoms with Crippen LogP contribution in [0.5, 0.6) is 0 Å². The molecule has 2 unspecified atom stereocenters. The summed E-state index contributed by atoms with van der Waals surface area (Å²) in [5, 5.41) is 3.54. The molecule has 2 aliphatic rings. The number of hydrogen-bond donors (Lipinski definition) is 1. The van der Waals surface area contributed by atoms with Gasteiger partial charge in [-0.05, 0) is 51.0 Å². The highest BCUT2D eigenvalue weighted by molar-refractivity contribution is 9.10. The maximum absolute atomic E-state index is 12.3. The fraction of sp³-hybridized carbons (Fsp3) is 0.588. The van der Waals surface area contributed by atoms with Gasteiger partial charge in [-0.15, -0.1) is 0 Å². The van der Waals surface area contributed by atoms with Crippen LogP contribution in [0.2, 0.25) is 0 Å². The molecule has 0 bridgehead atoms. The summed E-state index contributed by atoms with van der Waals surface area (Å²) in [7, 11) is 0. The van der Waals surface area contributed by atoms with E-state index in [1.54, 1.807) is 0 Å². The first-order chi connectivity index (χ1) is 10.2. The molecule has 22 heavy (non-hydrogen) atoms. The number of rotatable bonds is 0. The first kappa shape index (κ1) is 15.7.